The van der Waals surface area contributed by atoms with Crippen molar-refractivity contribution in [1.29, 1.82) is 0 Å². The van der Waals surface area contributed by atoms with Crippen LogP contribution in [0.15, 0.2) is 42.2 Å². The largest absolute Gasteiger partial charge is 0.487 e. The Hall–Kier alpha value is -1.11. The summed E-state index contributed by atoms with van der Waals surface area (Å²) in [7, 11) is 0. The number of ether oxygens (including phenoxy) is 1. The van der Waals surface area contributed by atoms with Crippen LogP contribution in [-0.2, 0) is 6.61 Å². The average molecular weight is 334 g/mol. The summed E-state index contributed by atoms with van der Waals surface area (Å²) in [5.74, 6) is 3.44. The van der Waals surface area contributed by atoms with Gasteiger partial charge in [0.05, 0.1) is 16.5 Å². The number of rotatable bonds is 4. The number of thiazole rings is 1. The van der Waals surface area contributed by atoms with Crippen LogP contribution in [0.3, 0.4) is 0 Å². The van der Waals surface area contributed by atoms with E-state index in [1.807, 2.05) is 36.0 Å². The van der Waals surface area contributed by atoms with Crippen LogP contribution in [0.4, 0.5) is 0 Å². The third-order valence-corrected chi connectivity index (χ3v) is 7.43. The summed E-state index contributed by atoms with van der Waals surface area (Å²) in [6, 6.07) is 8.52. The summed E-state index contributed by atoms with van der Waals surface area (Å²) in [6.07, 6.45) is 3.71. The van der Waals surface area contributed by atoms with E-state index in [1.54, 1.807) is 11.3 Å². The fraction of sp³-hybridized carbons (Fsp3) is 0.267. The first kappa shape index (κ1) is 13.5. The minimum absolute atomic E-state index is 0.572. The van der Waals surface area contributed by atoms with Crippen molar-refractivity contribution in [1.82, 2.24) is 9.38 Å². The quantitative estimate of drug-likeness (QED) is 0.704. The van der Waals surface area contributed by atoms with E-state index in [2.05, 4.69) is 39.0 Å². The molecule has 0 aliphatic carbocycles. The molecule has 4 rings (SSSR count). The lowest BCUT2D eigenvalue weighted by Gasteiger charge is -2.10. The van der Waals surface area contributed by atoms with E-state index in [-0.39, 0.29) is 0 Å². The van der Waals surface area contributed by atoms with Crippen LogP contribution in [0.2, 0.25) is 0 Å². The number of thioether (sulfide) groups is 2. The fourth-order valence-electron chi connectivity index (χ4n) is 2.30. The predicted molar refractivity (Wildman–Crippen MR) is 91.5 cm³/mol. The van der Waals surface area contributed by atoms with E-state index in [0.29, 0.717) is 11.2 Å². The third kappa shape index (κ3) is 2.80. The Morgan fingerprint density at radius 2 is 2.00 bits per heavy atom. The van der Waals surface area contributed by atoms with E-state index in [9.17, 15) is 0 Å². The molecule has 0 saturated carbocycles. The molecule has 1 saturated heterocycles. The van der Waals surface area contributed by atoms with E-state index in [0.717, 1.165) is 16.3 Å². The Balaban J connectivity index is 1.44. The number of benzene rings is 1. The lowest BCUT2D eigenvalue weighted by Crippen LogP contribution is -1.98. The van der Waals surface area contributed by atoms with Crippen molar-refractivity contribution < 1.29 is 4.74 Å². The van der Waals surface area contributed by atoms with E-state index in [1.165, 1.54) is 17.1 Å². The molecule has 2 aromatic heterocycles. The van der Waals surface area contributed by atoms with Gasteiger partial charge in [-0.3, -0.25) is 4.40 Å². The first-order valence-electron chi connectivity index (χ1n) is 6.74. The van der Waals surface area contributed by atoms with Crippen molar-refractivity contribution in [3.8, 4) is 5.75 Å². The molecule has 0 unspecified atom stereocenters. The molecule has 0 bridgehead atoms. The second-order valence-electron chi connectivity index (χ2n) is 4.76. The molecule has 3 heterocycles. The maximum Gasteiger partial charge on any atom is 0.129 e. The molecular weight excluding hydrogens is 320 g/mol. The number of fused-ring (bicyclic) bond motifs is 1. The Labute approximate surface area is 135 Å². The van der Waals surface area contributed by atoms with Gasteiger partial charge in [-0.1, -0.05) is 12.1 Å². The molecule has 1 aliphatic heterocycles. The van der Waals surface area contributed by atoms with Crippen molar-refractivity contribution in [3.63, 3.8) is 0 Å². The van der Waals surface area contributed by atoms with Gasteiger partial charge in [-0.25, -0.2) is 4.98 Å². The van der Waals surface area contributed by atoms with Crippen molar-refractivity contribution in [2.75, 3.05) is 11.5 Å². The Kier molecular flexibility index (Phi) is 3.83. The molecule has 0 atom stereocenters. The van der Waals surface area contributed by atoms with Crippen LogP contribution < -0.4 is 4.74 Å². The summed E-state index contributed by atoms with van der Waals surface area (Å²) >= 11 is 5.75. The van der Waals surface area contributed by atoms with Crippen molar-refractivity contribution in [3.05, 3.63) is 53.4 Å². The van der Waals surface area contributed by atoms with Gasteiger partial charge in [0.25, 0.3) is 0 Å². The van der Waals surface area contributed by atoms with Gasteiger partial charge in [0.15, 0.2) is 0 Å². The number of aromatic nitrogens is 2. The first-order chi connectivity index (χ1) is 10.4. The highest BCUT2D eigenvalue weighted by Gasteiger charge is 2.17. The maximum atomic E-state index is 5.89. The SMILES string of the molecule is c1cc(C2SCCS2)ccc1OCc1csc2cncn12. The zero-order chi connectivity index (χ0) is 14.1. The van der Waals surface area contributed by atoms with E-state index >= 15 is 0 Å². The molecule has 0 N–H and O–H groups in total. The van der Waals surface area contributed by atoms with Crippen molar-refractivity contribution in [2.45, 2.75) is 11.2 Å². The third-order valence-electron chi connectivity index (χ3n) is 3.39. The van der Waals surface area contributed by atoms with Gasteiger partial charge >= 0.3 is 0 Å². The highest BCUT2D eigenvalue weighted by atomic mass is 32.2. The van der Waals surface area contributed by atoms with Gasteiger partial charge < -0.3 is 4.74 Å². The minimum atomic E-state index is 0.572. The Morgan fingerprint density at radius 3 is 2.81 bits per heavy atom. The van der Waals surface area contributed by atoms with Crippen LogP contribution in [0, 0.1) is 0 Å². The monoisotopic (exact) mass is 334 g/mol. The molecule has 3 aromatic rings. The topological polar surface area (TPSA) is 26.5 Å². The molecule has 21 heavy (non-hydrogen) atoms. The first-order valence-corrected chi connectivity index (χ1v) is 9.72. The lowest BCUT2D eigenvalue weighted by molar-refractivity contribution is 0.300. The number of nitrogens with zero attached hydrogens (tertiary/aromatic N) is 2. The van der Waals surface area contributed by atoms with Gasteiger partial charge in [0.1, 0.15) is 23.5 Å². The lowest BCUT2D eigenvalue weighted by atomic mass is 10.2. The smallest absolute Gasteiger partial charge is 0.129 e. The standard InChI is InChI=1S/C15H14N2OS3/c1-3-13(4-2-11(1)15-19-5-6-20-15)18-8-12-9-21-14-7-16-10-17(12)14/h1-4,7,9-10,15H,5-6,8H2. The highest BCUT2D eigenvalue weighted by Crippen LogP contribution is 2.45. The summed E-state index contributed by atoms with van der Waals surface area (Å²) in [5.41, 5.74) is 2.53. The van der Waals surface area contributed by atoms with Crippen LogP contribution in [0.1, 0.15) is 15.8 Å². The molecule has 0 radical (unpaired) electrons. The number of imidazole rings is 1. The molecule has 0 amide bonds. The Morgan fingerprint density at radius 1 is 1.19 bits per heavy atom. The number of hydrogen-bond acceptors (Lipinski definition) is 5. The van der Waals surface area contributed by atoms with Gasteiger partial charge in [0, 0.05) is 16.9 Å². The van der Waals surface area contributed by atoms with Crippen molar-refractivity contribution >= 4 is 39.7 Å². The average Bonchev–Trinajstić information content (AvgIpc) is 3.24. The van der Waals surface area contributed by atoms with Crippen LogP contribution in [-0.4, -0.2) is 20.9 Å². The normalized spacial score (nSPS) is 15.8. The van der Waals surface area contributed by atoms with Crippen molar-refractivity contribution in [2.24, 2.45) is 0 Å². The fourth-order valence-corrected chi connectivity index (χ4v) is 6.00. The molecule has 0 spiro atoms. The summed E-state index contributed by atoms with van der Waals surface area (Å²) in [5, 5.41) is 2.12. The van der Waals surface area contributed by atoms with Gasteiger partial charge in [-0.05, 0) is 17.7 Å². The molecule has 108 valence electrons. The molecule has 3 nitrogen and oxygen atoms in total. The minimum Gasteiger partial charge on any atom is -0.487 e. The van der Waals surface area contributed by atoms with Gasteiger partial charge in [-0.2, -0.15) is 0 Å². The Bertz CT molecular complexity index is 729. The summed E-state index contributed by atoms with van der Waals surface area (Å²) in [4.78, 5) is 5.30. The van der Waals surface area contributed by atoms with E-state index in [4.69, 9.17) is 4.74 Å². The zero-order valence-corrected chi connectivity index (χ0v) is 13.7. The molecule has 1 aromatic carbocycles. The van der Waals surface area contributed by atoms with Crippen LogP contribution >= 0.6 is 34.9 Å². The van der Waals surface area contributed by atoms with Crippen LogP contribution in [0.5, 0.6) is 5.75 Å². The molecule has 1 aliphatic rings. The second-order valence-corrected chi connectivity index (χ2v) is 8.37. The van der Waals surface area contributed by atoms with Gasteiger partial charge in [0.2, 0.25) is 0 Å². The van der Waals surface area contributed by atoms with E-state index < -0.39 is 0 Å². The van der Waals surface area contributed by atoms with Gasteiger partial charge in [-0.15, -0.1) is 34.9 Å². The maximum absolute atomic E-state index is 5.89. The summed E-state index contributed by atoms with van der Waals surface area (Å²) < 4.78 is 8.56. The zero-order valence-electron chi connectivity index (χ0n) is 11.3. The molecule has 6 heteroatoms. The second kappa shape index (κ2) is 5.94. The molecule has 1 fully saturated rings. The predicted octanol–water partition coefficient (Wildman–Crippen LogP) is 4.45. The molecular formula is C15H14N2OS3. The number of hydrogen-bond donors (Lipinski definition) is 0. The summed E-state index contributed by atoms with van der Waals surface area (Å²) in [6.45, 7) is 0.572. The highest BCUT2D eigenvalue weighted by molar-refractivity contribution is 8.19. The van der Waals surface area contributed by atoms with Crippen LogP contribution in [0.25, 0.3) is 4.83 Å².